The molecular weight excluding hydrogens is 260 g/mol. The van der Waals surface area contributed by atoms with Crippen LogP contribution in [0, 0.1) is 5.41 Å². The summed E-state index contributed by atoms with van der Waals surface area (Å²) >= 11 is 0. The molecule has 0 amide bonds. The molecule has 2 rings (SSSR count). The summed E-state index contributed by atoms with van der Waals surface area (Å²) in [6, 6.07) is 0.661. The Morgan fingerprint density at radius 3 is 2.38 bits per heavy atom. The summed E-state index contributed by atoms with van der Waals surface area (Å²) in [7, 11) is 0. The minimum Gasteiger partial charge on any atom is -0.314 e. The van der Waals surface area contributed by atoms with Crippen LogP contribution in [-0.4, -0.2) is 42.9 Å². The van der Waals surface area contributed by atoms with Crippen LogP contribution in [0.25, 0.3) is 0 Å². The number of carbonyl (C=O) groups is 1. The van der Waals surface area contributed by atoms with Gasteiger partial charge in [-0.05, 0) is 70.0 Å². The maximum absolute atomic E-state index is 11.3. The molecule has 2 aliphatic rings. The smallest absolute Gasteiger partial charge is 0.133 e. The highest BCUT2D eigenvalue weighted by atomic mass is 16.1. The van der Waals surface area contributed by atoms with E-state index in [1.165, 1.54) is 64.6 Å². The normalized spacial score (nSPS) is 23.5. The molecule has 0 atom stereocenters. The molecule has 3 nitrogen and oxygen atoms in total. The summed E-state index contributed by atoms with van der Waals surface area (Å²) in [4.78, 5) is 14.0. The van der Waals surface area contributed by atoms with Crippen LogP contribution in [0.4, 0.5) is 0 Å². The SMILES string of the molecule is CCCN1CCC2(CCC(NCCC(=O)CC)CC2)CC1. The largest absolute Gasteiger partial charge is 0.314 e. The fourth-order valence-corrected chi connectivity index (χ4v) is 4.09. The minimum atomic E-state index is 0.387. The average Bonchev–Trinajstić information content (AvgIpc) is 2.52. The molecule has 1 N–H and O–H groups in total. The number of nitrogens with one attached hydrogen (secondary N) is 1. The van der Waals surface area contributed by atoms with E-state index in [4.69, 9.17) is 0 Å². The lowest BCUT2D eigenvalue weighted by atomic mass is 9.67. The van der Waals surface area contributed by atoms with Gasteiger partial charge in [0.1, 0.15) is 5.78 Å². The first kappa shape index (κ1) is 17.0. The monoisotopic (exact) mass is 294 g/mol. The molecule has 0 radical (unpaired) electrons. The molecule has 2 fully saturated rings. The van der Waals surface area contributed by atoms with E-state index in [1.54, 1.807) is 0 Å². The van der Waals surface area contributed by atoms with E-state index in [-0.39, 0.29) is 0 Å². The van der Waals surface area contributed by atoms with Gasteiger partial charge in [-0.25, -0.2) is 0 Å². The van der Waals surface area contributed by atoms with Crippen molar-refractivity contribution in [2.45, 2.75) is 77.7 Å². The van der Waals surface area contributed by atoms with Crippen molar-refractivity contribution in [3.05, 3.63) is 0 Å². The fraction of sp³-hybridized carbons (Fsp3) is 0.944. The van der Waals surface area contributed by atoms with Crippen LogP contribution in [-0.2, 0) is 4.79 Å². The second kappa shape index (κ2) is 8.28. The number of rotatable bonds is 7. The van der Waals surface area contributed by atoms with Gasteiger partial charge in [-0.2, -0.15) is 0 Å². The van der Waals surface area contributed by atoms with Crippen molar-refractivity contribution in [2.75, 3.05) is 26.2 Å². The number of likely N-dealkylation sites (tertiary alicyclic amines) is 1. The molecule has 1 spiro atoms. The summed E-state index contributed by atoms with van der Waals surface area (Å²) in [5.41, 5.74) is 0.654. The Morgan fingerprint density at radius 1 is 1.14 bits per heavy atom. The summed E-state index contributed by atoms with van der Waals surface area (Å²) in [5, 5.41) is 3.61. The van der Waals surface area contributed by atoms with Crippen LogP contribution in [0.15, 0.2) is 0 Å². The van der Waals surface area contributed by atoms with Crippen molar-refractivity contribution in [3.8, 4) is 0 Å². The van der Waals surface area contributed by atoms with Crippen LogP contribution in [0.2, 0.25) is 0 Å². The third kappa shape index (κ3) is 5.07. The van der Waals surface area contributed by atoms with Crippen LogP contribution in [0.5, 0.6) is 0 Å². The van der Waals surface area contributed by atoms with Crippen LogP contribution >= 0.6 is 0 Å². The maximum atomic E-state index is 11.3. The quantitative estimate of drug-likeness (QED) is 0.781. The zero-order chi connectivity index (χ0) is 15.1. The molecule has 0 aromatic heterocycles. The molecule has 122 valence electrons. The summed E-state index contributed by atoms with van der Waals surface area (Å²) in [6.07, 6.45) is 10.9. The summed E-state index contributed by atoms with van der Waals surface area (Å²) in [5.74, 6) is 0.387. The second-order valence-corrected chi connectivity index (χ2v) is 7.21. The van der Waals surface area contributed by atoms with E-state index in [0.717, 1.165) is 6.54 Å². The Balaban J connectivity index is 1.65. The number of nitrogens with zero attached hydrogens (tertiary/aromatic N) is 1. The van der Waals surface area contributed by atoms with Crippen LogP contribution in [0.1, 0.15) is 71.6 Å². The Kier molecular flexibility index (Phi) is 6.69. The molecule has 21 heavy (non-hydrogen) atoms. The highest BCUT2D eigenvalue weighted by molar-refractivity contribution is 5.78. The number of hydrogen-bond acceptors (Lipinski definition) is 3. The van der Waals surface area contributed by atoms with Crippen molar-refractivity contribution in [2.24, 2.45) is 5.41 Å². The number of piperidine rings is 1. The topological polar surface area (TPSA) is 32.3 Å². The van der Waals surface area contributed by atoms with Crippen LogP contribution < -0.4 is 5.32 Å². The van der Waals surface area contributed by atoms with E-state index in [0.29, 0.717) is 30.1 Å². The van der Waals surface area contributed by atoms with Gasteiger partial charge < -0.3 is 10.2 Å². The van der Waals surface area contributed by atoms with Gasteiger partial charge in [0.05, 0.1) is 0 Å². The van der Waals surface area contributed by atoms with Gasteiger partial charge in [-0.3, -0.25) is 4.79 Å². The summed E-state index contributed by atoms with van der Waals surface area (Å²) in [6.45, 7) is 9.04. The number of carbonyl (C=O) groups excluding carboxylic acids is 1. The first-order valence-electron chi connectivity index (χ1n) is 9.15. The molecule has 0 bridgehead atoms. The van der Waals surface area contributed by atoms with Gasteiger partial charge in [0, 0.05) is 25.4 Å². The van der Waals surface area contributed by atoms with Gasteiger partial charge in [0.15, 0.2) is 0 Å². The van der Waals surface area contributed by atoms with Crippen LogP contribution in [0.3, 0.4) is 0 Å². The lowest BCUT2D eigenvalue weighted by Gasteiger charge is -2.46. The molecule has 0 aromatic rings. The molecule has 1 saturated heterocycles. The first-order valence-corrected chi connectivity index (χ1v) is 9.15. The molecule has 1 aliphatic heterocycles. The minimum absolute atomic E-state index is 0.387. The zero-order valence-electron chi connectivity index (χ0n) is 14.1. The Hall–Kier alpha value is -0.410. The maximum Gasteiger partial charge on any atom is 0.133 e. The Bertz CT molecular complexity index is 311. The number of Topliss-reactive ketones (excluding diaryl/α,β-unsaturated/α-hetero) is 1. The van der Waals surface area contributed by atoms with Crippen molar-refractivity contribution >= 4 is 5.78 Å². The molecule has 0 aromatic carbocycles. The number of ketones is 1. The van der Waals surface area contributed by atoms with E-state index < -0.39 is 0 Å². The lowest BCUT2D eigenvalue weighted by molar-refractivity contribution is -0.118. The van der Waals surface area contributed by atoms with E-state index in [1.807, 2.05) is 6.92 Å². The molecule has 1 heterocycles. The molecule has 1 aliphatic carbocycles. The highest BCUT2D eigenvalue weighted by Gasteiger charge is 2.37. The number of hydrogen-bond donors (Lipinski definition) is 1. The van der Waals surface area contributed by atoms with Gasteiger partial charge >= 0.3 is 0 Å². The highest BCUT2D eigenvalue weighted by Crippen LogP contribution is 2.44. The Labute approximate surface area is 130 Å². The molecule has 0 unspecified atom stereocenters. The standard InChI is InChI=1S/C18H34N2O/c1-3-13-20-14-10-18(11-15-20)8-5-16(6-9-18)19-12-7-17(21)4-2/h16,19H,3-15H2,1-2H3. The Morgan fingerprint density at radius 2 is 1.81 bits per heavy atom. The van der Waals surface area contributed by atoms with E-state index >= 15 is 0 Å². The van der Waals surface area contributed by atoms with Crippen molar-refractivity contribution in [1.82, 2.24) is 10.2 Å². The van der Waals surface area contributed by atoms with E-state index in [9.17, 15) is 4.79 Å². The molecule has 1 saturated carbocycles. The predicted octanol–water partition coefficient (Wildman–Crippen LogP) is 3.38. The third-order valence-corrected chi connectivity index (χ3v) is 5.73. The fourth-order valence-electron chi connectivity index (χ4n) is 4.09. The van der Waals surface area contributed by atoms with Gasteiger partial charge in [0.25, 0.3) is 0 Å². The van der Waals surface area contributed by atoms with Crippen molar-refractivity contribution in [1.29, 1.82) is 0 Å². The van der Waals surface area contributed by atoms with E-state index in [2.05, 4.69) is 17.1 Å². The third-order valence-electron chi connectivity index (χ3n) is 5.73. The molecular formula is C18H34N2O. The van der Waals surface area contributed by atoms with Crippen molar-refractivity contribution in [3.63, 3.8) is 0 Å². The first-order chi connectivity index (χ1) is 10.2. The lowest BCUT2D eigenvalue weighted by Crippen LogP contribution is -2.45. The average molecular weight is 294 g/mol. The van der Waals surface area contributed by atoms with Gasteiger partial charge in [-0.1, -0.05) is 13.8 Å². The van der Waals surface area contributed by atoms with Gasteiger partial charge in [0.2, 0.25) is 0 Å². The second-order valence-electron chi connectivity index (χ2n) is 7.21. The van der Waals surface area contributed by atoms with Gasteiger partial charge in [-0.15, -0.1) is 0 Å². The zero-order valence-corrected chi connectivity index (χ0v) is 14.1. The molecule has 3 heteroatoms. The predicted molar refractivity (Wildman–Crippen MR) is 88.6 cm³/mol. The van der Waals surface area contributed by atoms with Crippen molar-refractivity contribution < 1.29 is 4.79 Å². The summed E-state index contributed by atoms with van der Waals surface area (Å²) < 4.78 is 0.